The molecule has 0 fully saturated rings. The molecule has 0 aliphatic rings. The van der Waals surface area contributed by atoms with E-state index in [2.05, 4.69) is 40.1 Å². The molecule has 1 atom stereocenters. The van der Waals surface area contributed by atoms with Crippen LogP contribution >= 0.6 is 12.0 Å². The maximum Gasteiger partial charge on any atom is 1.00 e. The molecular formula is C31H24Li3N7O13S3. The molecule has 5 aromatic rings. The molecule has 0 bridgehead atoms. The molecule has 0 aliphatic heterocycles. The maximum atomic E-state index is 11.6. The molecule has 5 aromatic carbocycles. The summed E-state index contributed by atoms with van der Waals surface area (Å²) in [6.45, 7) is 0. The third-order valence-electron chi connectivity index (χ3n) is 7.05. The van der Waals surface area contributed by atoms with Crippen molar-refractivity contribution in [2.45, 2.75) is 9.79 Å². The van der Waals surface area contributed by atoms with Crippen LogP contribution in [0, 0.1) is 0 Å². The van der Waals surface area contributed by atoms with E-state index in [-0.39, 0.29) is 90.2 Å². The van der Waals surface area contributed by atoms with E-state index < -0.39 is 49.2 Å². The zero-order chi connectivity index (χ0) is 39.0. The summed E-state index contributed by atoms with van der Waals surface area (Å²) in [5.74, 6) is -0.689. The Balaban J connectivity index is 0.00000374. The minimum atomic E-state index is -5.01. The van der Waals surface area contributed by atoms with Crippen molar-refractivity contribution < 1.29 is 116 Å². The number of rotatable bonds is 15. The summed E-state index contributed by atoms with van der Waals surface area (Å²) in [6, 6.07) is 17.2. The maximum absolute atomic E-state index is 11.6. The number of benzene rings is 5. The number of phenols is 1. The Morgan fingerprint density at radius 3 is 1.82 bits per heavy atom. The number of anilines is 1. The summed E-state index contributed by atoms with van der Waals surface area (Å²) in [4.78, 5) is -0.172. The molecule has 0 radical (unpaired) electrons. The number of ether oxygens (including phenoxy) is 3. The first kappa shape index (κ1) is 49.1. The molecule has 0 saturated heterocycles. The van der Waals surface area contributed by atoms with Crippen LogP contribution in [0.2, 0.25) is 0 Å². The van der Waals surface area contributed by atoms with Crippen LogP contribution in [0.3, 0.4) is 0 Å². The summed E-state index contributed by atoms with van der Waals surface area (Å²) in [6.07, 6.45) is 0. The van der Waals surface area contributed by atoms with Gasteiger partial charge in [-0.25, -0.2) is 12.6 Å². The number of hydrogen-bond donors (Lipinski definition) is 2. The van der Waals surface area contributed by atoms with Crippen molar-refractivity contribution in [3.63, 3.8) is 0 Å². The molecule has 57 heavy (non-hydrogen) atoms. The largest absolute Gasteiger partial charge is 1.00 e. The van der Waals surface area contributed by atoms with Crippen LogP contribution in [0.1, 0.15) is 0 Å². The summed E-state index contributed by atoms with van der Waals surface area (Å²) in [5.41, 5.74) is 6.29. The van der Waals surface area contributed by atoms with Gasteiger partial charge in [0, 0.05) is 34.2 Å². The zero-order valence-electron chi connectivity index (χ0n) is 30.8. The molecule has 3 N–H and O–H groups in total. The number of phenolic OH excluding ortho intramolecular Hbond substituents is 1. The van der Waals surface area contributed by atoms with Gasteiger partial charge in [0.25, 0.3) is 0 Å². The van der Waals surface area contributed by atoms with Crippen LogP contribution in [-0.2, 0) is 30.9 Å². The fourth-order valence-corrected chi connectivity index (χ4v) is 5.87. The second-order valence-corrected chi connectivity index (χ2v) is 13.0. The SMILES string of the molecule is COc1cc(N=Nc2ccc(SOO[O-])cc2)ccc1N=Nc1cc(OC)c(N=Nc2c(OS(=O)[O-])cc3cc(S(=O)(=O)[O-])c(N)cc3c2O)cc1OC.[Li+].[Li+].[Li+]. The standard InChI is InChI=1S/C31H27N7O13S3.3Li/c1-46-25-12-18(34-33-17-4-7-19(8-5-17)52-51-50-40)6-9-22(25)35-36-23-14-27(48-3)24(15-26(23)47-2)37-38-30-28(49-53(41)42)10-16-11-29(54(43,44)45)21(32)13-20(16)31(30)39;;;/h4-15,39-40H,32H2,1-3H3,(H,41,42)(H,43,44,45);;;/q;3*+1/p-3. The molecule has 282 valence electrons. The first-order valence-electron chi connectivity index (χ1n) is 14.6. The van der Waals surface area contributed by atoms with E-state index in [1.54, 1.807) is 42.5 Å². The van der Waals surface area contributed by atoms with Gasteiger partial charge in [0.05, 0.1) is 49.6 Å². The van der Waals surface area contributed by atoms with Crippen molar-refractivity contribution in [2.24, 2.45) is 30.7 Å². The fourth-order valence-electron chi connectivity index (χ4n) is 4.62. The Morgan fingerprint density at radius 2 is 1.26 bits per heavy atom. The van der Waals surface area contributed by atoms with Crippen LogP contribution in [0.25, 0.3) is 10.8 Å². The van der Waals surface area contributed by atoms with Crippen molar-refractivity contribution in [1.82, 2.24) is 0 Å². The molecular weight excluding hydrogens is 795 g/mol. The zero-order valence-corrected chi connectivity index (χ0v) is 33.2. The molecule has 0 aromatic heterocycles. The van der Waals surface area contributed by atoms with Crippen molar-refractivity contribution in [1.29, 1.82) is 0 Å². The van der Waals surface area contributed by atoms with Gasteiger partial charge in [-0.05, 0) is 60.0 Å². The Morgan fingerprint density at radius 1 is 0.719 bits per heavy atom. The Kier molecular flexibility index (Phi) is 19.2. The predicted molar refractivity (Wildman–Crippen MR) is 187 cm³/mol. The second kappa shape index (κ2) is 22.2. The summed E-state index contributed by atoms with van der Waals surface area (Å²) in [7, 11) is -0.893. The Labute approximate surface area is 367 Å². The number of azo groups is 3. The molecule has 0 amide bonds. The van der Waals surface area contributed by atoms with Crippen molar-refractivity contribution in [3.05, 3.63) is 72.8 Å². The average Bonchev–Trinajstić information content (AvgIpc) is 3.15. The number of aromatic hydroxyl groups is 1. The fraction of sp³-hybridized carbons (Fsp3) is 0.0968. The van der Waals surface area contributed by atoms with E-state index in [4.69, 9.17) is 24.1 Å². The van der Waals surface area contributed by atoms with E-state index in [1.165, 1.54) is 33.5 Å². The first-order valence-corrected chi connectivity index (χ1v) is 17.7. The minimum absolute atomic E-state index is 0. The molecule has 20 nitrogen and oxygen atoms in total. The van der Waals surface area contributed by atoms with Crippen molar-refractivity contribution in [3.8, 4) is 28.7 Å². The van der Waals surface area contributed by atoms with E-state index in [9.17, 15) is 32.1 Å². The number of nitrogen functional groups attached to an aromatic ring is 1. The minimum Gasteiger partial charge on any atom is -0.744 e. The molecule has 0 aliphatic carbocycles. The summed E-state index contributed by atoms with van der Waals surface area (Å²) in [5, 5.41) is 49.1. The predicted octanol–water partition coefficient (Wildman–Crippen LogP) is -2.28. The monoisotopic (exact) mass is 819 g/mol. The smallest absolute Gasteiger partial charge is 0.744 e. The molecule has 0 spiro atoms. The van der Waals surface area contributed by atoms with Gasteiger partial charge in [0.1, 0.15) is 55.8 Å². The third-order valence-corrected chi connectivity index (χ3v) is 8.85. The van der Waals surface area contributed by atoms with Gasteiger partial charge in [-0.2, -0.15) is 14.6 Å². The summed E-state index contributed by atoms with van der Waals surface area (Å²) >= 11 is -2.43. The number of nitrogens with two attached hydrogens (primary N) is 1. The van der Waals surface area contributed by atoms with E-state index in [0.29, 0.717) is 27.7 Å². The van der Waals surface area contributed by atoms with Gasteiger partial charge in [0.15, 0.2) is 17.2 Å². The molecule has 5 rings (SSSR count). The van der Waals surface area contributed by atoms with Crippen LogP contribution in [0.15, 0.2) is 113 Å². The van der Waals surface area contributed by atoms with Crippen LogP contribution in [-0.4, -0.2) is 48.2 Å². The van der Waals surface area contributed by atoms with Crippen molar-refractivity contribution >= 4 is 84.1 Å². The molecule has 26 heteroatoms. The molecule has 0 saturated carbocycles. The number of nitrogens with zero attached hydrogens (tertiary/aromatic N) is 6. The van der Waals surface area contributed by atoms with Gasteiger partial charge in [-0.1, -0.05) is 0 Å². The van der Waals surface area contributed by atoms with E-state index >= 15 is 0 Å². The van der Waals surface area contributed by atoms with Crippen LogP contribution < -0.4 is 86.0 Å². The second-order valence-electron chi connectivity index (χ2n) is 10.3. The van der Waals surface area contributed by atoms with E-state index in [0.717, 1.165) is 30.2 Å². The molecule has 0 heterocycles. The van der Waals surface area contributed by atoms with Gasteiger partial charge in [0.2, 0.25) is 0 Å². The van der Waals surface area contributed by atoms with Crippen molar-refractivity contribution in [2.75, 3.05) is 27.1 Å². The number of fused-ring (bicyclic) bond motifs is 1. The average molecular weight is 820 g/mol. The molecule has 1 unspecified atom stereocenters. The van der Waals surface area contributed by atoms with Gasteiger partial charge < -0.3 is 43.6 Å². The first-order chi connectivity index (χ1) is 25.8. The van der Waals surface area contributed by atoms with E-state index in [1.807, 2.05) is 0 Å². The Hall–Kier alpha value is -4.00. The Bertz CT molecular complexity index is 2430. The van der Waals surface area contributed by atoms with Crippen LogP contribution in [0.4, 0.5) is 39.8 Å². The quantitative estimate of drug-likeness (QED) is 0.0164. The van der Waals surface area contributed by atoms with Crippen LogP contribution in [0.5, 0.6) is 28.7 Å². The van der Waals surface area contributed by atoms with Gasteiger partial charge in [-0.15, -0.1) is 20.5 Å². The summed E-state index contributed by atoms with van der Waals surface area (Å²) < 4.78 is 83.2. The number of methoxy groups -OCH3 is 3. The normalized spacial score (nSPS) is 11.9. The third kappa shape index (κ3) is 12.5. The number of hydrogen-bond acceptors (Lipinski definition) is 21. The van der Waals surface area contributed by atoms with Gasteiger partial charge in [-0.3, -0.25) is 5.04 Å². The van der Waals surface area contributed by atoms with Gasteiger partial charge >= 0.3 is 56.6 Å². The topological polar surface area (TPSA) is 296 Å².